The number of nitro benzene ring substituents is 1. The van der Waals surface area contributed by atoms with Crippen molar-refractivity contribution < 1.29 is 19.6 Å². The smallest absolute Gasteiger partial charge is 0.308 e. The van der Waals surface area contributed by atoms with Gasteiger partial charge in [0.05, 0.1) is 16.4 Å². The summed E-state index contributed by atoms with van der Waals surface area (Å²) in [6, 6.07) is 4.95. The number of aromatic nitrogens is 1. The number of nitrogens with zero attached hydrogens (tertiary/aromatic N) is 2. The average Bonchev–Trinajstić information content (AvgIpc) is 2.59. The Morgan fingerprint density at radius 1 is 1.32 bits per heavy atom. The van der Waals surface area contributed by atoms with Gasteiger partial charge in [-0.05, 0) is 18.9 Å². The van der Waals surface area contributed by atoms with Gasteiger partial charge in [-0.25, -0.2) is 0 Å². The molecule has 130 valence electrons. The van der Waals surface area contributed by atoms with Crippen molar-refractivity contribution in [2.75, 3.05) is 13.1 Å². The number of carbonyl (C=O) groups excluding carboxylic acids is 1. The fourth-order valence-electron chi connectivity index (χ4n) is 3.07. The van der Waals surface area contributed by atoms with Gasteiger partial charge in [0.2, 0.25) is 5.56 Å². The van der Waals surface area contributed by atoms with Gasteiger partial charge < -0.3 is 15.0 Å². The van der Waals surface area contributed by atoms with E-state index in [2.05, 4.69) is 4.98 Å². The predicted octanol–water partition coefficient (Wildman–Crippen LogP) is 1.37. The molecule has 0 radical (unpaired) electrons. The third kappa shape index (κ3) is 3.21. The van der Waals surface area contributed by atoms with E-state index in [0.717, 1.165) is 6.07 Å². The number of rotatable bonds is 3. The molecular formula is C16H15N3O6. The zero-order valence-electron chi connectivity index (χ0n) is 13.1. The maximum atomic E-state index is 12.8. The first kappa shape index (κ1) is 16.6. The second kappa shape index (κ2) is 6.34. The van der Waals surface area contributed by atoms with Gasteiger partial charge in [-0.2, -0.15) is 0 Å². The van der Waals surface area contributed by atoms with Gasteiger partial charge in [-0.15, -0.1) is 0 Å². The Hall–Kier alpha value is -3.23. The van der Waals surface area contributed by atoms with Crippen LogP contribution in [0.5, 0.6) is 0 Å². The number of likely N-dealkylation sites (tertiary alicyclic amines) is 1. The maximum absolute atomic E-state index is 12.8. The van der Waals surface area contributed by atoms with Crippen molar-refractivity contribution in [1.82, 2.24) is 9.88 Å². The SMILES string of the molecule is O=C(O)C1CCCN(C(=O)c2cc(=O)[nH]c3ccc([N+](=O)[O-])cc23)C1. The molecule has 3 rings (SSSR count). The summed E-state index contributed by atoms with van der Waals surface area (Å²) in [6.07, 6.45) is 1.03. The van der Waals surface area contributed by atoms with Crippen LogP contribution < -0.4 is 5.56 Å². The fraction of sp³-hybridized carbons (Fsp3) is 0.312. The molecule has 0 aliphatic carbocycles. The number of piperidine rings is 1. The number of H-pyrrole nitrogens is 1. The van der Waals surface area contributed by atoms with E-state index in [1.807, 2.05) is 0 Å². The lowest BCUT2D eigenvalue weighted by atomic mass is 9.97. The largest absolute Gasteiger partial charge is 0.481 e. The Bertz CT molecular complexity index is 935. The first-order valence-corrected chi connectivity index (χ1v) is 7.70. The molecule has 2 heterocycles. The second-order valence-corrected chi connectivity index (χ2v) is 5.96. The van der Waals surface area contributed by atoms with E-state index in [4.69, 9.17) is 5.11 Å². The maximum Gasteiger partial charge on any atom is 0.308 e. The number of carboxylic acid groups (broad SMARTS) is 1. The average molecular weight is 345 g/mol. The number of hydrogen-bond acceptors (Lipinski definition) is 5. The Morgan fingerprint density at radius 2 is 2.08 bits per heavy atom. The minimum absolute atomic E-state index is 0.0356. The van der Waals surface area contributed by atoms with E-state index < -0.39 is 28.3 Å². The van der Waals surface area contributed by atoms with Crippen molar-refractivity contribution in [2.45, 2.75) is 12.8 Å². The van der Waals surface area contributed by atoms with Crippen molar-refractivity contribution in [3.8, 4) is 0 Å². The lowest BCUT2D eigenvalue weighted by molar-refractivity contribution is -0.384. The van der Waals surface area contributed by atoms with Crippen LogP contribution in [0.25, 0.3) is 10.9 Å². The van der Waals surface area contributed by atoms with Gasteiger partial charge >= 0.3 is 5.97 Å². The zero-order valence-corrected chi connectivity index (χ0v) is 13.1. The Balaban J connectivity index is 2.05. The summed E-state index contributed by atoms with van der Waals surface area (Å²) in [6.45, 7) is 0.434. The number of non-ortho nitro benzene ring substituents is 1. The highest BCUT2D eigenvalue weighted by Gasteiger charge is 2.29. The second-order valence-electron chi connectivity index (χ2n) is 5.96. The van der Waals surface area contributed by atoms with Crippen LogP contribution in [0.3, 0.4) is 0 Å². The molecule has 0 bridgehead atoms. The predicted molar refractivity (Wildman–Crippen MR) is 87.5 cm³/mol. The van der Waals surface area contributed by atoms with Gasteiger partial charge in [0.1, 0.15) is 0 Å². The zero-order chi connectivity index (χ0) is 18.1. The molecule has 1 unspecified atom stereocenters. The molecule has 2 N–H and O–H groups in total. The van der Waals surface area contributed by atoms with Crippen LogP contribution in [0, 0.1) is 16.0 Å². The van der Waals surface area contributed by atoms with Gasteiger partial charge in [-0.1, -0.05) is 0 Å². The summed E-state index contributed by atoms with van der Waals surface area (Å²) in [4.78, 5) is 50.2. The number of pyridine rings is 1. The summed E-state index contributed by atoms with van der Waals surface area (Å²) >= 11 is 0. The Kier molecular flexibility index (Phi) is 4.22. The van der Waals surface area contributed by atoms with Crippen LogP contribution >= 0.6 is 0 Å². The quantitative estimate of drug-likeness (QED) is 0.637. The first-order valence-electron chi connectivity index (χ1n) is 7.70. The lowest BCUT2D eigenvalue weighted by Gasteiger charge is -2.31. The molecule has 1 fully saturated rings. The number of nitro groups is 1. The molecule has 1 amide bonds. The Morgan fingerprint density at radius 3 is 2.76 bits per heavy atom. The van der Waals surface area contributed by atoms with E-state index >= 15 is 0 Å². The molecule has 1 saturated heterocycles. The summed E-state index contributed by atoms with van der Waals surface area (Å²) in [5.74, 6) is -2.12. The first-order chi connectivity index (χ1) is 11.9. The standard InChI is InChI=1S/C16H15N3O6/c20-14-7-12(11-6-10(19(24)25)3-4-13(11)17-14)15(21)18-5-1-2-9(8-18)16(22)23/h3-4,6-7,9H,1-2,5,8H2,(H,17,20)(H,22,23). The molecular weight excluding hydrogens is 330 g/mol. The minimum atomic E-state index is -0.969. The topological polar surface area (TPSA) is 134 Å². The number of carbonyl (C=O) groups is 2. The molecule has 25 heavy (non-hydrogen) atoms. The number of hydrogen-bond donors (Lipinski definition) is 2. The van der Waals surface area contributed by atoms with Gasteiger partial charge in [0, 0.05) is 42.2 Å². The molecule has 2 aromatic rings. The van der Waals surface area contributed by atoms with Crippen molar-refractivity contribution in [2.24, 2.45) is 5.92 Å². The molecule has 1 aliphatic heterocycles. The van der Waals surface area contributed by atoms with Gasteiger partial charge in [0.15, 0.2) is 0 Å². The van der Waals surface area contributed by atoms with Crippen molar-refractivity contribution in [1.29, 1.82) is 0 Å². The third-order valence-electron chi connectivity index (χ3n) is 4.33. The number of amides is 1. The van der Waals surface area contributed by atoms with E-state index in [0.29, 0.717) is 24.9 Å². The number of aromatic amines is 1. The molecule has 1 aromatic carbocycles. The highest BCUT2D eigenvalue weighted by molar-refractivity contribution is 6.06. The van der Waals surface area contributed by atoms with Crippen LogP contribution in [0.15, 0.2) is 29.1 Å². The van der Waals surface area contributed by atoms with E-state index in [1.54, 1.807) is 0 Å². The van der Waals surface area contributed by atoms with Crippen molar-refractivity contribution >= 4 is 28.5 Å². The van der Waals surface area contributed by atoms with Crippen LogP contribution in [0.1, 0.15) is 23.2 Å². The van der Waals surface area contributed by atoms with Crippen LogP contribution in [-0.4, -0.2) is 44.9 Å². The highest BCUT2D eigenvalue weighted by Crippen LogP contribution is 2.24. The fourth-order valence-corrected chi connectivity index (χ4v) is 3.07. The summed E-state index contributed by atoms with van der Waals surface area (Å²) in [7, 11) is 0. The number of fused-ring (bicyclic) bond motifs is 1. The number of benzene rings is 1. The van der Waals surface area contributed by atoms with Gasteiger partial charge in [-0.3, -0.25) is 24.5 Å². The molecule has 1 aliphatic rings. The minimum Gasteiger partial charge on any atom is -0.481 e. The highest BCUT2D eigenvalue weighted by atomic mass is 16.6. The monoisotopic (exact) mass is 345 g/mol. The summed E-state index contributed by atoms with van der Waals surface area (Å²) in [5.41, 5.74) is -0.353. The number of nitrogens with one attached hydrogen (secondary N) is 1. The van der Waals surface area contributed by atoms with Gasteiger partial charge in [0.25, 0.3) is 11.6 Å². The molecule has 1 atom stereocenters. The van der Waals surface area contributed by atoms with E-state index in [1.165, 1.54) is 23.1 Å². The summed E-state index contributed by atoms with van der Waals surface area (Å²) < 4.78 is 0. The third-order valence-corrected chi connectivity index (χ3v) is 4.33. The molecule has 1 aromatic heterocycles. The molecule has 0 saturated carbocycles. The van der Waals surface area contributed by atoms with Crippen molar-refractivity contribution in [3.63, 3.8) is 0 Å². The lowest BCUT2D eigenvalue weighted by Crippen LogP contribution is -2.42. The molecule has 9 heteroatoms. The van der Waals surface area contributed by atoms with E-state index in [-0.39, 0.29) is 23.2 Å². The van der Waals surface area contributed by atoms with Crippen molar-refractivity contribution in [3.05, 3.63) is 50.3 Å². The molecule has 0 spiro atoms. The van der Waals surface area contributed by atoms with E-state index in [9.17, 15) is 24.5 Å². The van der Waals surface area contributed by atoms with Crippen LogP contribution in [-0.2, 0) is 4.79 Å². The Labute approximate surface area is 141 Å². The molecule has 9 nitrogen and oxygen atoms in total. The summed E-state index contributed by atoms with van der Waals surface area (Å²) in [5, 5.41) is 20.4. The normalized spacial score (nSPS) is 17.4. The van der Waals surface area contributed by atoms with Crippen LogP contribution in [0.2, 0.25) is 0 Å². The number of aliphatic carboxylic acids is 1. The van der Waals surface area contributed by atoms with Crippen LogP contribution in [0.4, 0.5) is 5.69 Å². The number of carboxylic acids is 1.